The molecular weight excluding hydrogens is 482 g/mol. The summed E-state index contributed by atoms with van der Waals surface area (Å²) in [6.45, 7) is 16.8. The van der Waals surface area contributed by atoms with Gasteiger partial charge in [-0.1, -0.05) is 61.9 Å². The van der Waals surface area contributed by atoms with Gasteiger partial charge in [-0.05, 0) is 77.3 Å². The van der Waals surface area contributed by atoms with Crippen molar-refractivity contribution in [2.75, 3.05) is 13.7 Å². The minimum atomic E-state index is -0.974. The Morgan fingerprint density at radius 3 is 2.68 bits per heavy atom. The fraction of sp³-hybridized carbons (Fsp3) is 0.484. The molecule has 1 aromatic rings. The Labute approximate surface area is 228 Å². The van der Waals surface area contributed by atoms with Crippen molar-refractivity contribution in [1.82, 2.24) is 5.32 Å². The van der Waals surface area contributed by atoms with Gasteiger partial charge in [-0.25, -0.2) is 4.99 Å². The zero-order valence-electron chi connectivity index (χ0n) is 23.5. The molecule has 5 nitrogen and oxygen atoms in total. The number of nitrogens with zero attached hydrogens (tertiary/aromatic N) is 2. The molecule has 6 heteroatoms. The van der Waals surface area contributed by atoms with E-state index in [1.54, 1.807) is 13.3 Å². The Kier molecular flexibility index (Phi) is 11.5. The number of allylic oxidation sites excluding steroid dienone is 5. The van der Waals surface area contributed by atoms with Crippen LogP contribution < -0.4 is 5.32 Å². The second-order valence-electron chi connectivity index (χ2n) is 10.2. The van der Waals surface area contributed by atoms with Crippen LogP contribution >= 0.6 is 11.6 Å². The van der Waals surface area contributed by atoms with Gasteiger partial charge in [-0.3, -0.25) is 4.99 Å². The van der Waals surface area contributed by atoms with Crippen molar-refractivity contribution < 1.29 is 9.84 Å². The summed E-state index contributed by atoms with van der Waals surface area (Å²) >= 11 is 6.39. The highest BCUT2D eigenvalue weighted by Crippen LogP contribution is 2.43. The normalized spacial score (nSPS) is 24.6. The molecule has 1 aliphatic rings. The molecule has 1 fully saturated rings. The van der Waals surface area contributed by atoms with Gasteiger partial charge in [-0.2, -0.15) is 0 Å². The van der Waals surface area contributed by atoms with E-state index in [9.17, 15) is 5.11 Å². The van der Waals surface area contributed by atoms with Crippen LogP contribution in [0.5, 0.6) is 0 Å². The van der Waals surface area contributed by atoms with Crippen LogP contribution in [0.15, 0.2) is 82.1 Å². The van der Waals surface area contributed by atoms with E-state index in [4.69, 9.17) is 21.3 Å². The zero-order chi connectivity index (χ0) is 27.6. The fourth-order valence-electron chi connectivity index (χ4n) is 4.93. The highest BCUT2D eigenvalue weighted by molar-refractivity contribution is 6.30. The van der Waals surface area contributed by atoms with Gasteiger partial charge in [0, 0.05) is 46.1 Å². The van der Waals surface area contributed by atoms with Crippen molar-refractivity contribution in [2.45, 2.75) is 78.4 Å². The predicted octanol–water partition coefficient (Wildman–Crippen LogP) is 7.40. The summed E-state index contributed by atoms with van der Waals surface area (Å²) in [5, 5.41) is 16.1. The number of hydrogen-bond acceptors (Lipinski definition) is 5. The number of hydrogen-bond donors (Lipinski definition) is 2. The minimum Gasteiger partial charge on any atom is -0.481 e. The molecule has 4 atom stereocenters. The Balaban J connectivity index is 2.54. The molecular formula is C31H44ClN3O2. The minimum absolute atomic E-state index is 0.167. The maximum Gasteiger partial charge on any atom is 0.216 e. The van der Waals surface area contributed by atoms with E-state index in [0.29, 0.717) is 23.8 Å². The molecule has 0 amide bonds. The third-order valence-corrected chi connectivity index (χ3v) is 7.68. The predicted molar refractivity (Wildman–Crippen MR) is 159 cm³/mol. The van der Waals surface area contributed by atoms with Crippen LogP contribution in [0.2, 0.25) is 5.02 Å². The Bertz CT molecular complexity index is 1090. The molecule has 2 rings (SSSR count). The first kappa shape index (κ1) is 30.8. The van der Waals surface area contributed by atoms with E-state index in [2.05, 4.69) is 50.7 Å². The summed E-state index contributed by atoms with van der Waals surface area (Å²) in [5.41, 5.74) is 2.61. The van der Waals surface area contributed by atoms with Crippen LogP contribution in [0.1, 0.15) is 72.3 Å². The van der Waals surface area contributed by atoms with Crippen LogP contribution in [0.4, 0.5) is 0 Å². The van der Waals surface area contributed by atoms with Gasteiger partial charge in [-0.15, -0.1) is 0 Å². The van der Waals surface area contributed by atoms with Crippen LogP contribution in [0, 0.1) is 5.41 Å². The van der Waals surface area contributed by atoms with Crippen molar-refractivity contribution in [3.8, 4) is 0 Å². The summed E-state index contributed by atoms with van der Waals surface area (Å²) in [5.74, 6) is 0.140. The van der Waals surface area contributed by atoms with E-state index >= 15 is 0 Å². The van der Waals surface area contributed by atoms with E-state index < -0.39 is 5.60 Å². The van der Waals surface area contributed by atoms with Crippen LogP contribution in [0.25, 0.3) is 0 Å². The quantitative estimate of drug-likeness (QED) is 0.190. The number of benzene rings is 1. The second kappa shape index (κ2) is 13.9. The van der Waals surface area contributed by atoms with Crippen molar-refractivity contribution in [3.63, 3.8) is 0 Å². The standard InChI is InChI=1S/C31H44ClN3O2/c1-9-27(28(25-13-12-14-26(32)19-25)31(36)17-18-34-24(6)20-31)29(37-8)35-23(5)16-15-22(4)30(7,10-2)21-33-11-3/h9,11-16,19,21,24,28,34,36H,3,10,17-18,20H2,1-2,4-8H3. The lowest BCUT2D eigenvalue weighted by Gasteiger charge is -2.43. The zero-order valence-corrected chi connectivity index (χ0v) is 24.3. The topological polar surface area (TPSA) is 66.2 Å². The van der Waals surface area contributed by atoms with Crippen LogP contribution in [-0.2, 0) is 4.74 Å². The van der Waals surface area contributed by atoms with E-state index in [0.717, 1.165) is 29.8 Å². The third kappa shape index (κ3) is 8.00. The molecule has 1 aromatic carbocycles. The monoisotopic (exact) mass is 525 g/mol. The average molecular weight is 526 g/mol. The lowest BCUT2D eigenvalue weighted by Crippen LogP contribution is -2.51. The van der Waals surface area contributed by atoms with Crippen molar-refractivity contribution in [3.05, 3.63) is 82.7 Å². The average Bonchev–Trinajstić information content (AvgIpc) is 2.87. The molecule has 2 N–H and O–H groups in total. The summed E-state index contributed by atoms with van der Waals surface area (Å²) in [6.07, 6.45) is 11.7. The molecule has 0 aliphatic carbocycles. The van der Waals surface area contributed by atoms with Crippen molar-refractivity contribution >= 4 is 23.7 Å². The van der Waals surface area contributed by atoms with Gasteiger partial charge in [0.05, 0.1) is 12.7 Å². The van der Waals surface area contributed by atoms with Crippen molar-refractivity contribution in [2.24, 2.45) is 15.4 Å². The summed E-state index contributed by atoms with van der Waals surface area (Å²) in [6, 6.07) is 7.91. The first-order valence-corrected chi connectivity index (χ1v) is 13.4. The van der Waals surface area contributed by atoms with Crippen molar-refractivity contribution in [1.29, 1.82) is 0 Å². The third-order valence-electron chi connectivity index (χ3n) is 7.44. The number of aliphatic imine (C=N–C) groups is 2. The Morgan fingerprint density at radius 2 is 2.11 bits per heavy atom. The molecule has 37 heavy (non-hydrogen) atoms. The van der Waals surface area contributed by atoms with Crippen LogP contribution in [0.3, 0.4) is 0 Å². The number of ether oxygens (including phenoxy) is 1. The van der Waals surface area contributed by atoms with Crippen LogP contribution in [-0.4, -0.2) is 42.5 Å². The highest BCUT2D eigenvalue weighted by Gasteiger charge is 2.44. The maximum atomic E-state index is 12.0. The Hall–Kier alpha value is -2.47. The maximum absolute atomic E-state index is 12.0. The molecule has 1 saturated heterocycles. The number of rotatable bonds is 10. The number of nitrogens with one attached hydrogen (secondary N) is 1. The number of methoxy groups -OCH3 is 1. The first-order valence-electron chi connectivity index (χ1n) is 13.0. The molecule has 1 heterocycles. The molecule has 0 bridgehead atoms. The number of aliphatic hydroxyl groups is 1. The SMILES string of the molecule is C=CN=CC(C)(CC)C(C)=CC=C(C)N=C(OC)C(=CC)C(c1cccc(Cl)c1)C1(O)CCNC(C)C1. The van der Waals surface area contributed by atoms with Gasteiger partial charge in [0.1, 0.15) is 0 Å². The van der Waals surface area contributed by atoms with Gasteiger partial charge in [0.15, 0.2) is 0 Å². The molecule has 0 radical (unpaired) electrons. The lowest BCUT2D eigenvalue weighted by molar-refractivity contribution is -0.0165. The van der Waals surface area contributed by atoms with E-state index in [1.165, 1.54) is 5.57 Å². The lowest BCUT2D eigenvalue weighted by atomic mass is 9.70. The summed E-state index contributed by atoms with van der Waals surface area (Å²) < 4.78 is 5.85. The molecule has 4 unspecified atom stereocenters. The molecule has 202 valence electrons. The Morgan fingerprint density at radius 1 is 1.38 bits per heavy atom. The smallest absolute Gasteiger partial charge is 0.216 e. The van der Waals surface area contributed by atoms with E-state index in [1.807, 2.05) is 56.5 Å². The van der Waals surface area contributed by atoms with Gasteiger partial charge in [0.2, 0.25) is 5.90 Å². The molecule has 0 spiro atoms. The molecule has 0 aromatic heterocycles. The summed E-state index contributed by atoms with van der Waals surface area (Å²) in [4.78, 5) is 9.11. The fourth-order valence-corrected chi connectivity index (χ4v) is 5.13. The summed E-state index contributed by atoms with van der Waals surface area (Å²) in [7, 11) is 1.63. The largest absolute Gasteiger partial charge is 0.481 e. The number of halogens is 1. The van der Waals surface area contributed by atoms with Gasteiger partial charge < -0.3 is 15.2 Å². The molecule has 0 saturated carbocycles. The van der Waals surface area contributed by atoms with Gasteiger partial charge in [0.25, 0.3) is 0 Å². The second-order valence-corrected chi connectivity index (χ2v) is 10.6. The first-order chi connectivity index (χ1) is 17.5. The van der Waals surface area contributed by atoms with E-state index in [-0.39, 0.29) is 17.4 Å². The molecule has 1 aliphatic heterocycles. The number of piperidine rings is 1. The highest BCUT2D eigenvalue weighted by atomic mass is 35.5. The van der Waals surface area contributed by atoms with Gasteiger partial charge >= 0.3 is 0 Å².